The molecule has 102 valence electrons. The molecule has 0 aliphatic carbocycles. The van der Waals surface area contributed by atoms with Gasteiger partial charge >= 0.3 is 12.1 Å². The number of likely N-dealkylation sites (tertiary alicyclic amines) is 1. The molecule has 3 nitrogen and oxygen atoms in total. The summed E-state index contributed by atoms with van der Waals surface area (Å²) >= 11 is 0. The second kappa shape index (κ2) is 5.02. The minimum absolute atomic E-state index is 0. The van der Waals surface area contributed by atoms with Gasteiger partial charge < -0.3 is 5.11 Å². The Morgan fingerprint density at radius 2 is 1.71 bits per heavy atom. The van der Waals surface area contributed by atoms with E-state index >= 15 is 0 Å². The van der Waals surface area contributed by atoms with Crippen LogP contribution in [0.5, 0.6) is 0 Å². The minimum atomic E-state index is -4.44. The van der Waals surface area contributed by atoms with Gasteiger partial charge in [0.2, 0.25) is 0 Å². The molecular weight excluding hydrogens is 259 g/mol. The third-order valence-electron chi connectivity index (χ3n) is 3.01. The fourth-order valence-corrected chi connectivity index (χ4v) is 1.93. The van der Waals surface area contributed by atoms with Crippen molar-refractivity contribution < 1.29 is 23.1 Å². The molecule has 17 heavy (non-hydrogen) atoms. The first-order valence-electron chi connectivity index (χ1n) is 5.08. The average Bonchev–Trinajstić information content (AvgIpc) is 2.44. The van der Waals surface area contributed by atoms with Crippen molar-refractivity contribution in [1.82, 2.24) is 4.90 Å². The van der Waals surface area contributed by atoms with E-state index in [0.29, 0.717) is 0 Å². The lowest BCUT2D eigenvalue weighted by Crippen LogP contribution is -2.40. The summed E-state index contributed by atoms with van der Waals surface area (Å²) in [6, 6.07) is 0. The summed E-state index contributed by atoms with van der Waals surface area (Å²) in [7, 11) is 0. The average molecular weight is 276 g/mol. The zero-order chi connectivity index (χ0) is 12.7. The van der Waals surface area contributed by atoms with Crippen LogP contribution in [0.25, 0.3) is 0 Å². The Kier molecular flexibility index (Phi) is 4.87. The second-order valence-corrected chi connectivity index (χ2v) is 5.17. The van der Waals surface area contributed by atoms with Gasteiger partial charge in [-0.2, -0.15) is 13.2 Å². The molecule has 1 aliphatic heterocycles. The highest BCUT2D eigenvalue weighted by Crippen LogP contribution is 2.39. The summed E-state index contributed by atoms with van der Waals surface area (Å²) in [4.78, 5) is 12.4. The molecule has 0 spiro atoms. The van der Waals surface area contributed by atoms with Crippen LogP contribution >= 0.6 is 12.4 Å². The second-order valence-electron chi connectivity index (χ2n) is 5.17. The lowest BCUT2D eigenvalue weighted by molar-refractivity contribution is -0.188. The van der Waals surface area contributed by atoms with Crippen molar-refractivity contribution in [2.45, 2.75) is 32.5 Å². The molecule has 0 aromatic heterocycles. The molecule has 1 saturated heterocycles. The Hall–Kier alpha value is -0.490. The van der Waals surface area contributed by atoms with Crippen LogP contribution in [-0.4, -0.2) is 40.8 Å². The van der Waals surface area contributed by atoms with Crippen LogP contribution in [0.4, 0.5) is 13.2 Å². The summed E-state index contributed by atoms with van der Waals surface area (Å²) in [5.41, 5.74) is -0.437. The molecule has 0 aromatic rings. The number of nitrogens with zero attached hydrogens (tertiary/aromatic N) is 1. The van der Waals surface area contributed by atoms with Gasteiger partial charge in [-0.3, -0.25) is 9.69 Å². The number of carbonyl (C=O) groups is 1. The zero-order valence-electron chi connectivity index (χ0n) is 9.91. The van der Waals surface area contributed by atoms with Crippen LogP contribution in [0.3, 0.4) is 0 Å². The molecule has 1 rings (SSSR count). The monoisotopic (exact) mass is 275 g/mol. The first-order valence-corrected chi connectivity index (χ1v) is 5.08. The number of carboxylic acids is 1. The van der Waals surface area contributed by atoms with Crippen molar-refractivity contribution in [3.63, 3.8) is 0 Å². The molecule has 1 N–H and O–H groups in total. The molecule has 0 aromatic carbocycles. The van der Waals surface area contributed by atoms with Gasteiger partial charge in [-0.1, -0.05) is 0 Å². The Morgan fingerprint density at radius 1 is 1.24 bits per heavy atom. The number of hydrogen-bond acceptors (Lipinski definition) is 2. The van der Waals surface area contributed by atoms with E-state index in [4.69, 9.17) is 5.11 Å². The first kappa shape index (κ1) is 16.5. The van der Waals surface area contributed by atoms with E-state index in [0.717, 1.165) is 0 Å². The third-order valence-corrected chi connectivity index (χ3v) is 3.01. The van der Waals surface area contributed by atoms with Gasteiger partial charge in [0.05, 0.1) is 11.8 Å². The molecular formula is C10H17ClF3NO2. The summed E-state index contributed by atoms with van der Waals surface area (Å²) < 4.78 is 37.9. The third kappa shape index (κ3) is 3.74. The van der Waals surface area contributed by atoms with Crippen molar-refractivity contribution in [3.05, 3.63) is 0 Å². The minimum Gasteiger partial charge on any atom is -0.481 e. The summed E-state index contributed by atoms with van der Waals surface area (Å²) in [5.74, 6) is -4.47. The van der Waals surface area contributed by atoms with Crippen LogP contribution in [0.1, 0.15) is 20.8 Å². The number of aliphatic carboxylic acids is 1. The van der Waals surface area contributed by atoms with Crippen LogP contribution in [-0.2, 0) is 4.79 Å². The lowest BCUT2D eigenvalue weighted by atomic mass is 9.96. The van der Waals surface area contributed by atoms with Crippen LogP contribution in [0.2, 0.25) is 0 Å². The van der Waals surface area contributed by atoms with Crippen molar-refractivity contribution >= 4 is 18.4 Å². The predicted octanol–water partition coefficient (Wildman–Crippen LogP) is 2.40. The van der Waals surface area contributed by atoms with E-state index in [1.807, 2.05) is 0 Å². The quantitative estimate of drug-likeness (QED) is 0.799. The Bertz CT molecular complexity index is 288. The van der Waals surface area contributed by atoms with E-state index in [2.05, 4.69) is 0 Å². The van der Waals surface area contributed by atoms with Crippen LogP contribution < -0.4 is 0 Å². The van der Waals surface area contributed by atoms with Gasteiger partial charge in [0, 0.05) is 18.6 Å². The van der Waals surface area contributed by atoms with Gasteiger partial charge in [-0.15, -0.1) is 12.4 Å². The number of rotatable bonds is 1. The number of alkyl halides is 3. The fraction of sp³-hybridized carbons (Fsp3) is 0.900. The normalized spacial score (nSPS) is 26.7. The fourth-order valence-electron chi connectivity index (χ4n) is 1.93. The lowest BCUT2D eigenvalue weighted by Gasteiger charge is -2.31. The van der Waals surface area contributed by atoms with Crippen LogP contribution in [0, 0.1) is 11.8 Å². The standard InChI is InChI=1S/C10H16F3NO2.ClH/c1-9(2,3)14-4-6(8(15)16)7(5-14)10(11,12)13;/h6-7H,4-5H2,1-3H3,(H,15,16);1H/t6-,7-;/m0./s1. The smallest absolute Gasteiger partial charge is 0.393 e. The Balaban J connectivity index is 0.00000256. The van der Waals surface area contributed by atoms with Crippen molar-refractivity contribution in [2.75, 3.05) is 13.1 Å². The van der Waals surface area contributed by atoms with Crippen molar-refractivity contribution in [2.24, 2.45) is 11.8 Å². The van der Waals surface area contributed by atoms with Gasteiger partial charge in [0.15, 0.2) is 0 Å². The molecule has 1 fully saturated rings. The SMILES string of the molecule is CC(C)(C)N1C[C@H](C(=O)O)[C@@H](C(F)(F)F)C1.Cl. The molecule has 0 unspecified atom stereocenters. The molecule has 1 aliphatic rings. The maximum absolute atomic E-state index is 12.6. The highest BCUT2D eigenvalue weighted by Gasteiger charge is 2.53. The van der Waals surface area contributed by atoms with E-state index in [1.165, 1.54) is 0 Å². The van der Waals surface area contributed by atoms with E-state index in [1.54, 1.807) is 25.7 Å². The van der Waals surface area contributed by atoms with Gasteiger partial charge in [-0.25, -0.2) is 0 Å². The van der Waals surface area contributed by atoms with E-state index < -0.39 is 29.5 Å². The highest BCUT2D eigenvalue weighted by atomic mass is 35.5. The molecule has 1 heterocycles. The molecule has 0 radical (unpaired) electrons. The van der Waals surface area contributed by atoms with Gasteiger partial charge in [0.1, 0.15) is 0 Å². The van der Waals surface area contributed by atoms with Crippen LogP contribution in [0.15, 0.2) is 0 Å². The summed E-state index contributed by atoms with van der Waals surface area (Å²) in [5, 5.41) is 8.80. The molecule has 0 amide bonds. The maximum atomic E-state index is 12.6. The first-order chi connectivity index (χ1) is 7.03. The summed E-state index contributed by atoms with van der Waals surface area (Å²) in [6.45, 7) is 5.08. The highest BCUT2D eigenvalue weighted by molar-refractivity contribution is 5.85. The maximum Gasteiger partial charge on any atom is 0.393 e. The molecule has 2 atom stereocenters. The number of carboxylic acid groups (broad SMARTS) is 1. The molecule has 7 heteroatoms. The molecule has 0 bridgehead atoms. The zero-order valence-corrected chi connectivity index (χ0v) is 10.7. The van der Waals surface area contributed by atoms with E-state index in [-0.39, 0.29) is 25.5 Å². The van der Waals surface area contributed by atoms with Crippen molar-refractivity contribution in [1.29, 1.82) is 0 Å². The van der Waals surface area contributed by atoms with Gasteiger partial charge in [-0.05, 0) is 20.8 Å². The Morgan fingerprint density at radius 3 is 1.94 bits per heavy atom. The Labute approximate surface area is 104 Å². The predicted molar refractivity (Wildman–Crippen MR) is 59.2 cm³/mol. The summed E-state index contributed by atoms with van der Waals surface area (Å²) in [6.07, 6.45) is -4.44. The topological polar surface area (TPSA) is 40.5 Å². The largest absolute Gasteiger partial charge is 0.481 e. The molecule has 0 saturated carbocycles. The van der Waals surface area contributed by atoms with Crippen molar-refractivity contribution in [3.8, 4) is 0 Å². The number of halogens is 4. The van der Waals surface area contributed by atoms with E-state index in [9.17, 15) is 18.0 Å². The number of hydrogen-bond donors (Lipinski definition) is 1. The van der Waals surface area contributed by atoms with Gasteiger partial charge in [0.25, 0.3) is 0 Å².